The molecule has 0 N–H and O–H groups in total. The molecule has 0 aliphatic carbocycles. The van der Waals surface area contributed by atoms with Crippen LogP contribution in [0.3, 0.4) is 0 Å². The second-order valence-corrected chi connectivity index (χ2v) is 8.68. The van der Waals surface area contributed by atoms with Gasteiger partial charge in [-0.15, -0.1) is 0 Å². The Kier molecular flexibility index (Phi) is 5.63. The lowest BCUT2D eigenvalue weighted by Gasteiger charge is -2.13. The zero-order valence-corrected chi connectivity index (χ0v) is 16.6. The van der Waals surface area contributed by atoms with Crippen LogP contribution in [-0.4, -0.2) is 24.5 Å². The lowest BCUT2D eigenvalue weighted by atomic mass is 10.0. The van der Waals surface area contributed by atoms with E-state index in [1.54, 1.807) is 0 Å². The summed E-state index contributed by atoms with van der Waals surface area (Å²) in [5.41, 5.74) is -2.96. The van der Waals surface area contributed by atoms with E-state index in [4.69, 9.17) is 0 Å². The molecule has 0 radical (unpaired) electrons. The molecule has 31 heavy (non-hydrogen) atoms. The van der Waals surface area contributed by atoms with Crippen molar-refractivity contribution in [2.45, 2.75) is 24.4 Å². The van der Waals surface area contributed by atoms with E-state index in [0.717, 1.165) is 31.2 Å². The second-order valence-electron chi connectivity index (χ2n) is 6.70. The number of sulfone groups is 1. The van der Waals surface area contributed by atoms with Crippen LogP contribution in [0.4, 0.5) is 30.7 Å². The van der Waals surface area contributed by atoms with Gasteiger partial charge in [-0.3, -0.25) is 0 Å². The van der Waals surface area contributed by atoms with Crippen LogP contribution in [0.15, 0.2) is 41.3 Å². The molecule has 0 saturated carbocycles. The molecule has 0 saturated heterocycles. The third-order valence-electron chi connectivity index (χ3n) is 4.41. The zero-order chi connectivity index (χ0) is 23.3. The van der Waals surface area contributed by atoms with Crippen molar-refractivity contribution in [3.8, 4) is 16.9 Å². The monoisotopic (exact) mass is 466 g/mol. The molecule has 0 amide bonds. The summed E-state index contributed by atoms with van der Waals surface area (Å²) in [5, 5.41) is 3.54. The number of benzene rings is 2. The average Bonchev–Trinajstić information content (AvgIpc) is 3.06. The molecule has 0 bridgehead atoms. The standard InChI is InChI=1S/C19H13F7N2O2S/c1-9-5-10(3-4-11(9)19(24,25)26)15-8-14(18(22)23)27-28(15)16-6-13(21)17(7-12(16)20)31(2,29)30/h3-8,18H,1-2H3. The molecule has 4 nitrogen and oxygen atoms in total. The first-order chi connectivity index (χ1) is 14.2. The molecule has 3 aromatic rings. The van der Waals surface area contributed by atoms with Crippen LogP contribution in [0, 0.1) is 18.6 Å². The number of nitrogens with zero attached hydrogens (tertiary/aromatic N) is 2. The molecule has 3 rings (SSSR count). The Morgan fingerprint density at radius 1 is 1.00 bits per heavy atom. The number of hydrogen-bond donors (Lipinski definition) is 0. The normalized spacial score (nSPS) is 12.6. The van der Waals surface area contributed by atoms with Gasteiger partial charge in [0.1, 0.15) is 27.9 Å². The first kappa shape index (κ1) is 22.8. The predicted molar refractivity (Wildman–Crippen MR) is 96.7 cm³/mol. The van der Waals surface area contributed by atoms with E-state index in [-0.39, 0.29) is 16.8 Å². The molecule has 0 unspecified atom stereocenters. The molecule has 0 spiro atoms. The first-order valence-corrected chi connectivity index (χ1v) is 10.3. The fourth-order valence-corrected chi connectivity index (χ4v) is 3.73. The molecule has 166 valence electrons. The van der Waals surface area contributed by atoms with Crippen molar-refractivity contribution in [2.24, 2.45) is 0 Å². The van der Waals surface area contributed by atoms with Gasteiger partial charge in [-0.1, -0.05) is 6.07 Å². The Hall–Kier alpha value is -2.89. The highest BCUT2D eigenvalue weighted by molar-refractivity contribution is 7.90. The summed E-state index contributed by atoms with van der Waals surface area (Å²) in [7, 11) is -4.12. The van der Waals surface area contributed by atoms with Gasteiger partial charge >= 0.3 is 6.18 Å². The minimum atomic E-state index is -4.65. The number of rotatable bonds is 4. The van der Waals surface area contributed by atoms with Gasteiger partial charge < -0.3 is 0 Å². The van der Waals surface area contributed by atoms with Gasteiger partial charge in [0.15, 0.2) is 9.84 Å². The van der Waals surface area contributed by atoms with Crippen molar-refractivity contribution in [1.82, 2.24) is 9.78 Å². The highest BCUT2D eigenvalue weighted by Gasteiger charge is 2.32. The minimum Gasteiger partial charge on any atom is -0.230 e. The van der Waals surface area contributed by atoms with Crippen molar-refractivity contribution >= 4 is 9.84 Å². The number of aryl methyl sites for hydroxylation is 1. The SMILES string of the molecule is Cc1cc(-c2cc(C(F)F)nn2-c2cc(F)c(S(C)(=O)=O)cc2F)ccc1C(F)(F)F. The zero-order valence-electron chi connectivity index (χ0n) is 15.8. The maximum absolute atomic E-state index is 14.6. The summed E-state index contributed by atoms with van der Waals surface area (Å²) >= 11 is 0. The average molecular weight is 466 g/mol. The summed E-state index contributed by atoms with van der Waals surface area (Å²) < 4.78 is 118. The van der Waals surface area contributed by atoms with Gasteiger partial charge in [0, 0.05) is 17.9 Å². The molecule has 0 atom stereocenters. The van der Waals surface area contributed by atoms with Crippen molar-refractivity contribution in [3.05, 3.63) is 64.9 Å². The number of aromatic nitrogens is 2. The van der Waals surface area contributed by atoms with Crippen LogP contribution < -0.4 is 0 Å². The number of alkyl halides is 5. The van der Waals surface area contributed by atoms with Crippen LogP contribution in [0.25, 0.3) is 16.9 Å². The Morgan fingerprint density at radius 2 is 1.65 bits per heavy atom. The molecular weight excluding hydrogens is 453 g/mol. The Labute approximate surface area is 171 Å². The van der Waals surface area contributed by atoms with Crippen LogP contribution in [0.1, 0.15) is 23.2 Å². The van der Waals surface area contributed by atoms with Gasteiger partial charge in [-0.2, -0.15) is 18.3 Å². The maximum Gasteiger partial charge on any atom is 0.416 e. The topological polar surface area (TPSA) is 52.0 Å². The quantitative estimate of drug-likeness (QED) is 0.478. The van der Waals surface area contributed by atoms with Gasteiger partial charge in [0.25, 0.3) is 6.43 Å². The van der Waals surface area contributed by atoms with E-state index in [2.05, 4.69) is 5.10 Å². The van der Waals surface area contributed by atoms with E-state index in [1.807, 2.05) is 0 Å². The molecule has 0 fully saturated rings. The summed E-state index contributed by atoms with van der Waals surface area (Å²) in [5.74, 6) is -2.63. The Bertz CT molecular complexity index is 1260. The molecule has 1 aromatic heterocycles. The van der Waals surface area contributed by atoms with E-state index in [0.29, 0.717) is 23.1 Å². The summed E-state index contributed by atoms with van der Waals surface area (Å²) in [6.45, 7) is 1.15. The van der Waals surface area contributed by atoms with E-state index >= 15 is 0 Å². The van der Waals surface area contributed by atoms with E-state index in [1.165, 1.54) is 0 Å². The van der Waals surface area contributed by atoms with Crippen LogP contribution in [0.5, 0.6) is 0 Å². The van der Waals surface area contributed by atoms with E-state index < -0.39 is 55.9 Å². The van der Waals surface area contributed by atoms with Crippen molar-refractivity contribution < 1.29 is 39.2 Å². The van der Waals surface area contributed by atoms with Gasteiger partial charge in [-0.05, 0) is 36.8 Å². The van der Waals surface area contributed by atoms with Crippen LogP contribution >= 0.6 is 0 Å². The fraction of sp³-hybridized carbons (Fsp3) is 0.211. The van der Waals surface area contributed by atoms with Gasteiger partial charge in [0.05, 0.1) is 11.3 Å². The number of hydrogen-bond acceptors (Lipinski definition) is 3. The summed E-state index contributed by atoms with van der Waals surface area (Å²) in [6.07, 6.45) is -7.10. The Balaban J connectivity index is 2.25. The molecule has 0 aliphatic rings. The molecule has 12 heteroatoms. The lowest BCUT2D eigenvalue weighted by molar-refractivity contribution is -0.138. The third-order valence-corrected chi connectivity index (χ3v) is 5.52. The molecule has 0 aliphatic heterocycles. The highest BCUT2D eigenvalue weighted by atomic mass is 32.2. The predicted octanol–water partition coefficient (Wildman–Crippen LogP) is 5.49. The van der Waals surface area contributed by atoms with Crippen LogP contribution in [-0.2, 0) is 16.0 Å². The van der Waals surface area contributed by atoms with Gasteiger partial charge in [-0.25, -0.2) is 30.7 Å². The minimum absolute atomic E-state index is 0.0168. The van der Waals surface area contributed by atoms with Crippen LogP contribution in [0.2, 0.25) is 0 Å². The maximum atomic E-state index is 14.6. The first-order valence-electron chi connectivity index (χ1n) is 8.46. The fourth-order valence-electron chi connectivity index (χ4n) is 3.00. The second kappa shape index (κ2) is 7.66. The molecule has 1 heterocycles. The van der Waals surface area contributed by atoms with Crippen molar-refractivity contribution in [2.75, 3.05) is 6.26 Å². The smallest absolute Gasteiger partial charge is 0.230 e. The van der Waals surface area contributed by atoms with E-state index in [9.17, 15) is 39.2 Å². The number of halogens is 7. The molecular formula is C19H13F7N2O2S. The Morgan fingerprint density at radius 3 is 2.16 bits per heavy atom. The van der Waals surface area contributed by atoms with Gasteiger partial charge in [0.2, 0.25) is 0 Å². The van der Waals surface area contributed by atoms with Crippen molar-refractivity contribution in [3.63, 3.8) is 0 Å². The lowest BCUT2D eigenvalue weighted by Crippen LogP contribution is -2.09. The molecule has 2 aromatic carbocycles. The summed E-state index contributed by atoms with van der Waals surface area (Å²) in [6, 6.07) is 4.44. The van der Waals surface area contributed by atoms with Crippen molar-refractivity contribution in [1.29, 1.82) is 0 Å². The highest BCUT2D eigenvalue weighted by Crippen LogP contribution is 2.36. The summed E-state index contributed by atoms with van der Waals surface area (Å²) in [4.78, 5) is -0.943. The largest absolute Gasteiger partial charge is 0.416 e. The third kappa shape index (κ3) is 4.43.